The number of aromatic nitrogens is 2. The molecule has 3 aromatic rings. The number of carbonyl (C=O) groups is 1. The number of rotatable bonds is 3. The number of carbonyl (C=O) groups excluding carboxylic acids is 1. The van der Waals surface area contributed by atoms with Gasteiger partial charge in [0, 0.05) is 38.6 Å². The van der Waals surface area contributed by atoms with Gasteiger partial charge in [0.1, 0.15) is 11.7 Å². The summed E-state index contributed by atoms with van der Waals surface area (Å²) in [4.78, 5) is 21.6. The number of amides is 1. The molecule has 7 heteroatoms. The average molecular weight is 378 g/mol. The molecule has 0 bridgehead atoms. The summed E-state index contributed by atoms with van der Waals surface area (Å²) < 4.78 is 12.9. The highest BCUT2D eigenvalue weighted by molar-refractivity contribution is 5.93. The molecule has 1 atom stereocenters. The SMILES string of the molecule is Cn1cccc1C(=O)N1Cc2cc(N3CCOCC3)ccc2C1c1cnco1. The van der Waals surface area contributed by atoms with E-state index in [-0.39, 0.29) is 11.9 Å². The van der Waals surface area contributed by atoms with Crippen LogP contribution in [0, 0.1) is 0 Å². The van der Waals surface area contributed by atoms with Crippen LogP contribution in [0.4, 0.5) is 5.69 Å². The van der Waals surface area contributed by atoms with Gasteiger partial charge in [-0.2, -0.15) is 0 Å². The Morgan fingerprint density at radius 3 is 2.79 bits per heavy atom. The first-order chi connectivity index (χ1) is 13.7. The molecule has 1 amide bonds. The third-order valence-corrected chi connectivity index (χ3v) is 5.59. The lowest BCUT2D eigenvalue weighted by atomic mass is 10.0. The number of hydrogen-bond acceptors (Lipinski definition) is 5. The number of aryl methyl sites for hydroxylation is 1. The number of nitrogens with zero attached hydrogens (tertiary/aromatic N) is 4. The minimum Gasteiger partial charge on any atom is -0.446 e. The summed E-state index contributed by atoms with van der Waals surface area (Å²) >= 11 is 0. The topological polar surface area (TPSA) is 63.7 Å². The van der Waals surface area contributed by atoms with Crippen LogP contribution in [0.2, 0.25) is 0 Å². The highest BCUT2D eigenvalue weighted by Crippen LogP contribution is 2.40. The molecule has 0 spiro atoms. The first-order valence-corrected chi connectivity index (χ1v) is 9.48. The summed E-state index contributed by atoms with van der Waals surface area (Å²) in [7, 11) is 1.89. The van der Waals surface area contributed by atoms with Gasteiger partial charge >= 0.3 is 0 Å². The van der Waals surface area contributed by atoms with Gasteiger partial charge in [0.25, 0.3) is 5.91 Å². The Labute approximate surface area is 163 Å². The van der Waals surface area contributed by atoms with Crippen molar-refractivity contribution in [2.45, 2.75) is 12.6 Å². The maximum Gasteiger partial charge on any atom is 0.271 e. The standard InChI is InChI=1S/C21H22N4O3/c1-23-6-2-3-18(23)21(26)25-13-15-11-16(24-7-9-27-10-8-24)4-5-17(15)20(25)19-12-22-14-28-19/h2-6,11-12,14,20H,7-10,13H2,1H3. The van der Waals surface area contributed by atoms with E-state index in [0.717, 1.165) is 37.4 Å². The van der Waals surface area contributed by atoms with Crippen LogP contribution >= 0.6 is 0 Å². The van der Waals surface area contributed by atoms with E-state index in [0.29, 0.717) is 18.0 Å². The van der Waals surface area contributed by atoms with E-state index in [9.17, 15) is 4.79 Å². The van der Waals surface area contributed by atoms with Crippen LogP contribution < -0.4 is 4.90 Å². The highest BCUT2D eigenvalue weighted by atomic mass is 16.5. The Morgan fingerprint density at radius 2 is 2.07 bits per heavy atom. The monoisotopic (exact) mass is 378 g/mol. The molecule has 2 aromatic heterocycles. The zero-order chi connectivity index (χ0) is 19.1. The number of benzene rings is 1. The first-order valence-electron chi connectivity index (χ1n) is 9.48. The molecule has 2 aliphatic heterocycles. The Morgan fingerprint density at radius 1 is 1.21 bits per heavy atom. The van der Waals surface area contributed by atoms with E-state index in [1.165, 1.54) is 12.1 Å². The van der Waals surface area contributed by atoms with Crippen molar-refractivity contribution in [2.24, 2.45) is 7.05 Å². The first kappa shape index (κ1) is 17.1. The molecule has 28 heavy (non-hydrogen) atoms. The predicted octanol–water partition coefficient (Wildman–Crippen LogP) is 2.60. The fourth-order valence-electron chi connectivity index (χ4n) is 4.14. The van der Waals surface area contributed by atoms with Crippen LogP contribution in [0.5, 0.6) is 0 Å². The van der Waals surface area contributed by atoms with Crippen molar-refractivity contribution in [3.63, 3.8) is 0 Å². The van der Waals surface area contributed by atoms with Gasteiger partial charge in [-0.1, -0.05) is 6.07 Å². The zero-order valence-electron chi connectivity index (χ0n) is 15.7. The van der Waals surface area contributed by atoms with Gasteiger partial charge in [-0.3, -0.25) is 4.79 Å². The molecule has 7 nitrogen and oxygen atoms in total. The molecule has 0 radical (unpaired) electrons. The second kappa shape index (κ2) is 6.83. The van der Waals surface area contributed by atoms with Crippen molar-refractivity contribution < 1.29 is 13.9 Å². The highest BCUT2D eigenvalue weighted by Gasteiger charge is 2.38. The smallest absolute Gasteiger partial charge is 0.271 e. The summed E-state index contributed by atoms with van der Waals surface area (Å²) in [6.07, 6.45) is 5.00. The minimum absolute atomic E-state index is 0.0157. The summed E-state index contributed by atoms with van der Waals surface area (Å²) in [6.45, 7) is 3.81. The van der Waals surface area contributed by atoms with Crippen molar-refractivity contribution >= 4 is 11.6 Å². The van der Waals surface area contributed by atoms with Gasteiger partial charge in [-0.15, -0.1) is 0 Å². The average Bonchev–Trinajstić information content (AvgIpc) is 3.46. The zero-order valence-corrected chi connectivity index (χ0v) is 15.7. The van der Waals surface area contributed by atoms with Crippen LogP contribution in [0.15, 0.2) is 53.5 Å². The van der Waals surface area contributed by atoms with E-state index in [2.05, 4.69) is 28.1 Å². The number of hydrogen-bond donors (Lipinski definition) is 0. The van der Waals surface area contributed by atoms with E-state index in [1.54, 1.807) is 6.20 Å². The summed E-state index contributed by atoms with van der Waals surface area (Å²) in [5.41, 5.74) is 4.07. The summed E-state index contributed by atoms with van der Waals surface area (Å²) in [6, 6.07) is 9.91. The molecule has 1 aromatic carbocycles. The quantitative estimate of drug-likeness (QED) is 0.701. The molecule has 0 saturated carbocycles. The molecule has 0 aliphatic carbocycles. The number of fused-ring (bicyclic) bond motifs is 1. The number of oxazole rings is 1. The molecule has 1 unspecified atom stereocenters. The van der Waals surface area contributed by atoms with Crippen LogP contribution in [-0.2, 0) is 18.3 Å². The molecule has 2 aliphatic rings. The Hall–Kier alpha value is -3.06. The number of anilines is 1. The molecule has 4 heterocycles. The Balaban J connectivity index is 1.53. The predicted molar refractivity (Wildman–Crippen MR) is 103 cm³/mol. The van der Waals surface area contributed by atoms with Crippen molar-refractivity contribution in [3.8, 4) is 0 Å². The largest absolute Gasteiger partial charge is 0.446 e. The van der Waals surface area contributed by atoms with Crippen LogP contribution in [0.3, 0.4) is 0 Å². The summed E-state index contributed by atoms with van der Waals surface area (Å²) in [5, 5.41) is 0. The van der Waals surface area contributed by atoms with Gasteiger partial charge < -0.3 is 23.5 Å². The van der Waals surface area contributed by atoms with Crippen LogP contribution in [-0.4, -0.2) is 46.7 Å². The van der Waals surface area contributed by atoms with Gasteiger partial charge in [-0.25, -0.2) is 4.98 Å². The van der Waals surface area contributed by atoms with Crippen molar-refractivity contribution in [2.75, 3.05) is 31.2 Å². The van der Waals surface area contributed by atoms with E-state index in [1.807, 2.05) is 34.8 Å². The lowest BCUT2D eigenvalue weighted by Crippen LogP contribution is -2.36. The lowest BCUT2D eigenvalue weighted by molar-refractivity contribution is 0.0693. The van der Waals surface area contributed by atoms with Gasteiger partial charge in [0.15, 0.2) is 12.2 Å². The second-order valence-corrected chi connectivity index (χ2v) is 7.23. The lowest BCUT2D eigenvalue weighted by Gasteiger charge is -2.29. The number of ether oxygens (including phenoxy) is 1. The van der Waals surface area contributed by atoms with Gasteiger partial charge in [-0.05, 0) is 35.4 Å². The third kappa shape index (κ3) is 2.79. The van der Waals surface area contributed by atoms with Crippen molar-refractivity contribution in [1.82, 2.24) is 14.5 Å². The van der Waals surface area contributed by atoms with Gasteiger partial charge in [0.05, 0.1) is 19.4 Å². The third-order valence-electron chi connectivity index (χ3n) is 5.59. The van der Waals surface area contributed by atoms with Gasteiger partial charge in [0.2, 0.25) is 0 Å². The molecule has 1 fully saturated rings. The molecule has 1 saturated heterocycles. The molecular weight excluding hydrogens is 356 g/mol. The Bertz CT molecular complexity index is 989. The maximum absolute atomic E-state index is 13.3. The van der Waals surface area contributed by atoms with E-state index in [4.69, 9.17) is 9.15 Å². The maximum atomic E-state index is 13.3. The second-order valence-electron chi connectivity index (χ2n) is 7.23. The van der Waals surface area contributed by atoms with Crippen LogP contribution in [0.25, 0.3) is 0 Å². The minimum atomic E-state index is -0.265. The van der Waals surface area contributed by atoms with Crippen molar-refractivity contribution in [1.29, 1.82) is 0 Å². The number of morpholine rings is 1. The van der Waals surface area contributed by atoms with Crippen LogP contribution in [0.1, 0.15) is 33.4 Å². The van der Waals surface area contributed by atoms with E-state index < -0.39 is 0 Å². The van der Waals surface area contributed by atoms with E-state index >= 15 is 0 Å². The molecule has 144 valence electrons. The summed E-state index contributed by atoms with van der Waals surface area (Å²) in [5.74, 6) is 0.665. The fraction of sp³-hybridized carbons (Fsp3) is 0.333. The van der Waals surface area contributed by atoms with Crippen molar-refractivity contribution in [3.05, 3.63) is 71.7 Å². The normalized spacial score (nSPS) is 19.1. The molecule has 5 rings (SSSR count). The molecule has 0 N–H and O–H groups in total. The Kier molecular flexibility index (Phi) is 4.16. The fourth-order valence-corrected chi connectivity index (χ4v) is 4.14. The molecular formula is C21H22N4O3.